The van der Waals surface area contributed by atoms with Gasteiger partial charge in [0, 0.05) is 6.42 Å². The van der Waals surface area contributed by atoms with Gasteiger partial charge in [-0.3, -0.25) is 4.79 Å². The molecule has 0 aliphatic heterocycles. The van der Waals surface area contributed by atoms with E-state index in [0.29, 0.717) is 13.0 Å². The van der Waals surface area contributed by atoms with Gasteiger partial charge in [-0.05, 0) is 32.2 Å². The SMILES string of the molecule is NCCCCC(=O)NC1(CO)CC1. The highest BCUT2D eigenvalue weighted by atomic mass is 16.3. The number of unbranched alkanes of at least 4 members (excludes halogenated alkanes) is 1. The van der Waals surface area contributed by atoms with Crippen molar-refractivity contribution in [3.8, 4) is 0 Å². The normalized spacial score (nSPS) is 18.3. The van der Waals surface area contributed by atoms with Crippen LogP contribution in [0.3, 0.4) is 0 Å². The summed E-state index contributed by atoms with van der Waals surface area (Å²) in [6.07, 6.45) is 4.07. The van der Waals surface area contributed by atoms with Gasteiger partial charge < -0.3 is 16.2 Å². The van der Waals surface area contributed by atoms with E-state index in [4.69, 9.17) is 10.8 Å². The first-order chi connectivity index (χ1) is 6.22. The molecule has 1 rings (SSSR count). The quantitative estimate of drug-likeness (QED) is 0.501. The average molecular weight is 186 g/mol. The van der Waals surface area contributed by atoms with Crippen LogP contribution in [-0.4, -0.2) is 29.7 Å². The summed E-state index contributed by atoms with van der Waals surface area (Å²) in [6.45, 7) is 0.702. The minimum Gasteiger partial charge on any atom is -0.394 e. The fraction of sp³-hybridized carbons (Fsp3) is 0.889. The van der Waals surface area contributed by atoms with Crippen LogP contribution in [0, 0.1) is 0 Å². The molecular formula is C9H18N2O2. The van der Waals surface area contributed by atoms with Crippen LogP contribution in [0.1, 0.15) is 32.1 Å². The highest BCUT2D eigenvalue weighted by Gasteiger charge is 2.43. The van der Waals surface area contributed by atoms with E-state index in [1.54, 1.807) is 0 Å². The maximum atomic E-state index is 11.3. The Morgan fingerprint density at radius 2 is 2.15 bits per heavy atom. The molecule has 0 aromatic rings. The molecule has 1 saturated carbocycles. The summed E-state index contributed by atoms with van der Waals surface area (Å²) in [7, 11) is 0. The van der Waals surface area contributed by atoms with E-state index in [-0.39, 0.29) is 18.1 Å². The molecule has 13 heavy (non-hydrogen) atoms. The summed E-state index contributed by atoms with van der Waals surface area (Å²) in [5.41, 5.74) is 5.04. The van der Waals surface area contributed by atoms with Gasteiger partial charge in [-0.1, -0.05) is 0 Å². The maximum Gasteiger partial charge on any atom is 0.220 e. The van der Waals surface area contributed by atoms with Crippen molar-refractivity contribution in [2.75, 3.05) is 13.2 Å². The third kappa shape index (κ3) is 3.32. The smallest absolute Gasteiger partial charge is 0.220 e. The number of hydrogen-bond acceptors (Lipinski definition) is 3. The maximum absolute atomic E-state index is 11.3. The molecule has 76 valence electrons. The monoisotopic (exact) mass is 186 g/mol. The van der Waals surface area contributed by atoms with Gasteiger partial charge in [0.25, 0.3) is 0 Å². The van der Waals surface area contributed by atoms with Crippen molar-refractivity contribution in [3.05, 3.63) is 0 Å². The van der Waals surface area contributed by atoms with Crippen LogP contribution < -0.4 is 11.1 Å². The Balaban J connectivity index is 2.11. The van der Waals surface area contributed by atoms with Crippen LogP contribution in [0.5, 0.6) is 0 Å². The summed E-state index contributed by atoms with van der Waals surface area (Å²) in [4.78, 5) is 11.3. The van der Waals surface area contributed by atoms with Crippen molar-refractivity contribution < 1.29 is 9.90 Å². The Kier molecular flexibility index (Phi) is 3.69. The number of amides is 1. The van der Waals surface area contributed by atoms with Crippen LogP contribution in [0.2, 0.25) is 0 Å². The molecule has 0 heterocycles. The van der Waals surface area contributed by atoms with E-state index >= 15 is 0 Å². The molecule has 4 N–H and O–H groups in total. The van der Waals surface area contributed by atoms with Crippen molar-refractivity contribution in [1.82, 2.24) is 5.32 Å². The van der Waals surface area contributed by atoms with Crippen LogP contribution >= 0.6 is 0 Å². The number of hydrogen-bond donors (Lipinski definition) is 3. The van der Waals surface area contributed by atoms with Crippen LogP contribution in [-0.2, 0) is 4.79 Å². The predicted molar refractivity (Wildman–Crippen MR) is 50.1 cm³/mol. The molecule has 1 fully saturated rings. The van der Waals surface area contributed by atoms with E-state index in [1.807, 2.05) is 0 Å². The van der Waals surface area contributed by atoms with Gasteiger partial charge >= 0.3 is 0 Å². The number of carbonyl (C=O) groups excluding carboxylic acids is 1. The zero-order valence-corrected chi connectivity index (χ0v) is 7.88. The zero-order chi connectivity index (χ0) is 9.73. The van der Waals surface area contributed by atoms with Crippen molar-refractivity contribution in [1.29, 1.82) is 0 Å². The Labute approximate surface area is 78.5 Å². The molecule has 1 aliphatic carbocycles. The Hall–Kier alpha value is -0.610. The van der Waals surface area contributed by atoms with Gasteiger partial charge in [-0.15, -0.1) is 0 Å². The molecule has 4 nitrogen and oxygen atoms in total. The average Bonchev–Trinajstić information content (AvgIpc) is 2.86. The first kappa shape index (κ1) is 10.5. The lowest BCUT2D eigenvalue weighted by atomic mass is 10.2. The van der Waals surface area contributed by atoms with Gasteiger partial charge in [-0.25, -0.2) is 0 Å². The van der Waals surface area contributed by atoms with Gasteiger partial charge in [0.05, 0.1) is 12.1 Å². The minimum atomic E-state index is -0.264. The topological polar surface area (TPSA) is 75.4 Å². The lowest BCUT2D eigenvalue weighted by molar-refractivity contribution is -0.122. The van der Waals surface area contributed by atoms with E-state index in [0.717, 1.165) is 25.7 Å². The molecular weight excluding hydrogens is 168 g/mol. The fourth-order valence-corrected chi connectivity index (χ4v) is 1.26. The van der Waals surface area contributed by atoms with Gasteiger partial charge in [0.15, 0.2) is 0 Å². The second kappa shape index (κ2) is 4.58. The molecule has 0 radical (unpaired) electrons. The van der Waals surface area contributed by atoms with Crippen molar-refractivity contribution in [2.24, 2.45) is 5.73 Å². The molecule has 0 bridgehead atoms. The van der Waals surface area contributed by atoms with E-state index in [2.05, 4.69) is 5.32 Å². The number of nitrogens with two attached hydrogens (primary N) is 1. The largest absolute Gasteiger partial charge is 0.394 e. The van der Waals surface area contributed by atoms with Gasteiger partial charge in [-0.2, -0.15) is 0 Å². The first-order valence-corrected chi connectivity index (χ1v) is 4.84. The number of aliphatic hydroxyl groups is 1. The molecule has 4 heteroatoms. The summed E-state index contributed by atoms with van der Waals surface area (Å²) < 4.78 is 0. The Morgan fingerprint density at radius 1 is 1.46 bits per heavy atom. The lowest BCUT2D eigenvalue weighted by Gasteiger charge is -2.13. The molecule has 1 amide bonds. The zero-order valence-electron chi connectivity index (χ0n) is 7.88. The number of carbonyl (C=O) groups is 1. The summed E-state index contributed by atoms with van der Waals surface area (Å²) >= 11 is 0. The first-order valence-electron chi connectivity index (χ1n) is 4.84. The molecule has 0 atom stereocenters. The molecule has 0 saturated heterocycles. The van der Waals surface area contributed by atoms with E-state index in [9.17, 15) is 4.79 Å². The van der Waals surface area contributed by atoms with Crippen molar-refractivity contribution in [3.63, 3.8) is 0 Å². The third-order valence-corrected chi connectivity index (χ3v) is 2.42. The summed E-state index contributed by atoms with van der Waals surface area (Å²) in [5, 5.41) is 11.8. The van der Waals surface area contributed by atoms with E-state index in [1.165, 1.54) is 0 Å². The molecule has 0 aromatic heterocycles. The van der Waals surface area contributed by atoms with E-state index < -0.39 is 0 Å². The summed E-state index contributed by atoms with van der Waals surface area (Å²) in [5.74, 6) is 0.0417. The van der Waals surface area contributed by atoms with Crippen molar-refractivity contribution >= 4 is 5.91 Å². The van der Waals surface area contributed by atoms with Crippen LogP contribution in [0.15, 0.2) is 0 Å². The highest BCUT2D eigenvalue weighted by Crippen LogP contribution is 2.34. The van der Waals surface area contributed by atoms with Gasteiger partial charge in [0.1, 0.15) is 0 Å². The van der Waals surface area contributed by atoms with Gasteiger partial charge in [0.2, 0.25) is 5.91 Å². The summed E-state index contributed by atoms with van der Waals surface area (Å²) in [6, 6.07) is 0. The number of nitrogens with one attached hydrogen (secondary N) is 1. The second-order valence-electron chi connectivity index (χ2n) is 3.73. The third-order valence-electron chi connectivity index (χ3n) is 2.42. The molecule has 0 spiro atoms. The van der Waals surface area contributed by atoms with Crippen LogP contribution in [0.25, 0.3) is 0 Å². The molecule has 1 aliphatic rings. The fourth-order valence-electron chi connectivity index (χ4n) is 1.26. The Morgan fingerprint density at radius 3 is 2.62 bits per heavy atom. The predicted octanol–water partition coefficient (Wildman–Crippen LogP) is -0.244. The number of rotatable bonds is 6. The lowest BCUT2D eigenvalue weighted by Crippen LogP contribution is -2.39. The van der Waals surface area contributed by atoms with Crippen LogP contribution in [0.4, 0.5) is 0 Å². The number of aliphatic hydroxyl groups excluding tert-OH is 1. The molecule has 0 aromatic carbocycles. The Bertz CT molecular complexity index is 178. The highest BCUT2D eigenvalue weighted by molar-refractivity contribution is 5.77. The minimum absolute atomic E-state index is 0.0417. The molecule has 0 unspecified atom stereocenters. The van der Waals surface area contributed by atoms with Crippen molar-refractivity contribution in [2.45, 2.75) is 37.6 Å². The standard InChI is InChI=1S/C9H18N2O2/c10-6-2-1-3-8(13)11-9(7-12)4-5-9/h12H,1-7,10H2,(H,11,13). The second-order valence-corrected chi connectivity index (χ2v) is 3.73.